The minimum atomic E-state index is -4.04. The van der Waals surface area contributed by atoms with E-state index in [-0.39, 0.29) is 22.7 Å². The fourth-order valence-corrected chi connectivity index (χ4v) is 5.43. The third-order valence-corrected chi connectivity index (χ3v) is 7.70. The molecule has 0 saturated carbocycles. The first kappa shape index (κ1) is 26.6. The summed E-state index contributed by atoms with van der Waals surface area (Å²) in [5.74, 6) is -0.111. The molecular formula is C27H28FN5O5S. The Kier molecular flexibility index (Phi) is 7.77. The number of ether oxygens (including phenoxy) is 2. The highest BCUT2D eigenvalue weighted by Crippen LogP contribution is 2.33. The van der Waals surface area contributed by atoms with Gasteiger partial charge in [0.1, 0.15) is 17.6 Å². The summed E-state index contributed by atoms with van der Waals surface area (Å²) in [4.78, 5) is 12.3. The average molecular weight is 554 g/mol. The van der Waals surface area contributed by atoms with E-state index in [1.807, 2.05) is 30.3 Å². The van der Waals surface area contributed by atoms with Crippen LogP contribution in [0.25, 0.3) is 10.9 Å². The van der Waals surface area contributed by atoms with Crippen LogP contribution < -0.4 is 20.1 Å². The van der Waals surface area contributed by atoms with Crippen LogP contribution in [0, 0.1) is 5.82 Å². The minimum Gasteiger partial charge on any atom is -0.496 e. The number of benzene rings is 3. The number of carbonyl (C=O) groups is 1. The first-order valence-electron chi connectivity index (χ1n) is 12.3. The van der Waals surface area contributed by atoms with E-state index >= 15 is 0 Å². The Morgan fingerprint density at radius 1 is 1.15 bits per heavy atom. The van der Waals surface area contributed by atoms with Gasteiger partial charge in [-0.3, -0.25) is 14.2 Å². The predicted octanol–water partition coefficient (Wildman–Crippen LogP) is 2.64. The molecule has 1 atom stereocenters. The maximum atomic E-state index is 13.3. The van der Waals surface area contributed by atoms with Gasteiger partial charge in [0.15, 0.2) is 5.82 Å². The molecular weight excluding hydrogens is 525 g/mol. The van der Waals surface area contributed by atoms with Crippen molar-refractivity contribution in [2.24, 2.45) is 0 Å². The van der Waals surface area contributed by atoms with E-state index in [4.69, 9.17) is 9.47 Å². The molecule has 1 amide bonds. The van der Waals surface area contributed by atoms with Crippen LogP contribution in [0.15, 0.2) is 71.6 Å². The summed E-state index contributed by atoms with van der Waals surface area (Å²) < 4.78 is 54.5. The molecule has 0 unspecified atom stereocenters. The number of morpholine rings is 1. The SMILES string of the molecule is COc1cccc2c1c(NS(=O)(=O)c1ccc(F)cc1)nn2Cc1cccc(CNC(=O)[C@H]2COCCN2)c1. The normalized spacial score (nSPS) is 15.7. The second-order valence-corrected chi connectivity index (χ2v) is 10.7. The van der Waals surface area contributed by atoms with Crippen LogP contribution in [0.3, 0.4) is 0 Å². The summed E-state index contributed by atoms with van der Waals surface area (Å²) in [5.41, 5.74) is 2.47. The van der Waals surface area contributed by atoms with Crippen LogP contribution in [0.5, 0.6) is 5.75 Å². The number of anilines is 1. The van der Waals surface area contributed by atoms with Crippen molar-refractivity contribution in [1.82, 2.24) is 20.4 Å². The smallest absolute Gasteiger partial charge is 0.263 e. The number of methoxy groups -OCH3 is 1. The topological polar surface area (TPSA) is 124 Å². The van der Waals surface area contributed by atoms with Crippen molar-refractivity contribution in [3.63, 3.8) is 0 Å². The van der Waals surface area contributed by atoms with Gasteiger partial charge in [-0.2, -0.15) is 5.10 Å². The van der Waals surface area contributed by atoms with Gasteiger partial charge >= 0.3 is 0 Å². The summed E-state index contributed by atoms with van der Waals surface area (Å²) in [6.07, 6.45) is 0. The largest absolute Gasteiger partial charge is 0.496 e. The molecule has 0 spiro atoms. The van der Waals surface area contributed by atoms with Crippen LogP contribution >= 0.6 is 0 Å². The molecule has 1 fully saturated rings. The van der Waals surface area contributed by atoms with Crippen LogP contribution in [0.4, 0.5) is 10.2 Å². The number of fused-ring (bicyclic) bond motifs is 1. The Morgan fingerprint density at radius 2 is 1.92 bits per heavy atom. The summed E-state index contributed by atoms with van der Waals surface area (Å²) in [5, 5.41) is 11.1. The van der Waals surface area contributed by atoms with Crippen molar-refractivity contribution >= 4 is 32.7 Å². The van der Waals surface area contributed by atoms with Crippen molar-refractivity contribution < 1.29 is 27.1 Å². The van der Waals surface area contributed by atoms with Crippen molar-refractivity contribution in [2.75, 3.05) is 31.6 Å². The molecule has 10 nitrogen and oxygen atoms in total. The van der Waals surface area contributed by atoms with Crippen LogP contribution in [0.2, 0.25) is 0 Å². The molecule has 0 radical (unpaired) electrons. The van der Waals surface area contributed by atoms with E-state index in [0.717, 1.165) is 23.3 Å². The molecule has 0 bridgehead atoms. The Morgan fingerprint density at radius 3 is 2.67 bits per heavy atom. The Balaban J connectivity index is 1.39. The van der Waals surface area contributed by atoms with Crippen LogP contribution in [-0.4, -0.2) is 57.0 Å². The molecule has 1 aromatic heterocycles. The van der Waals surface area contributed by atoms with Crippen molar-refractivity contribution in [3.8, 4) is 5.75 Å². The second kappa shape index (κ2) is 11.4. The zero-order chi connectivity index (χ0) is 27.4. The second-order valence-electron chi connectivity index (χ2n) is 9.04. The molecule has 5 rings (SSSR count). The molecule has 1 saturated heterocycles. The number of hydrogen-bond donors (Lipinski definition) is 3. The van der Waals surface area contributed by atoms with Gasteiger partial charge < -0.3 is 20.1 Å². The highest BCUT2D eigenvalue weighted by Gasteiger charge is 2.22. The molecule has 1 aliphatic rings. The molecule has 3 aromatic carbocycles. The lowest BCUT2D eigenvalue weighted by Gasteiger charge is -2.22. The van der Waals surface area contributed by atoms with Gasteiger partial charge in [-0.15, -0.1) is 0 Å². The number of aromatic nitrogens is 2. The van der Waals surface area contributed by atoms with E-state index in [0.29, 0.717) is 49.5 Å². The van der Waals surface area contributed by atoms with E-state index in [2.05, 4.69) is 20.5 Å². The van der Waals surface area contributed by atoms with E-state index in [9.17, 15) is 17.6 Å². The first-order chi connectivity index (χ1) is 18.8. The fourth-order valence-electron chi connectivity index (χ4n) is 4.42. The molecule has 39 heavy (non-hydrogen) atoms. The van der Waals surface area contributed by atoms with E-state index < -0.39 is 15.8 Å². The number of hydrogen-bond acceptors (Lipinski definition) is 7. The molecule has 12 heteroatoms. The number of rotatable bonds is 9. The third-order valence-electron chi connectivity index (χ3n) is 6.34. The van der Waals surface area contributed by atoms with Gasteiger partial charge in [0, 0.05) is 13.1 Å². The Bertz CT molecular complexity index is 1580. The Labute approximate surface area is 225 Å². The summed E-state index contributed by atoms with van der Waals surface area (Å²) in [7, 11) is -2.54. The maximum Gasteiger partial charge on any atom is 0.263 e. The number of nitrogens with one attached hydrogen (secondary N) is 3. The molecule has 3 N–H and O–H groups in total. The van der Waals surface area contributed by atoms with Gasteiger partial charge in [0.05, 0.1) is 42.7 Å². The number of carbonyl (C=O) groups excluding carboxylic acids is 1. The zero-order valence-corrected chi connectivity index (χ0v) is 22.0. The Hall–Kier alpha value is -4.00. The van der Waals surface area contributed by atoms with Crippen LogP contribution in [-0.2, 0) is 32.6 Å². The standard InChI is InChI=1S/C27H28FN5O5S/c1-37-24-7-3-6-23-25(24)26(32-39(35,36)21-10-8-20(28)9-11-21)31-33(23)16-19-5-2-4-18(14-19)15-30-27(34)22-17-38-13-12-29-22/h2-11,14,22,29H,12-13,15-17H2,1H3,(H,30,34)(H,31,32)/t22-/m1/s1. The van der Waals surface area contributed by atoms with Crippen molar-refractivity contribution in [1.29, 1.82) is 0 Å². The number of amides is 1. The molecule has 0 aliphatic carbocycles. The fraction of sp³-hybridized carbons (Fsp3) is 0.259. The highest BCUT2D eigenvalue weighted by atomic mass is 32.2. The van der Waals surface area contributed by atoms with Crippen LogP contribution in [0.1, 0.15) is 11.1 Å². The van der Waals surface area contributed by atoms with Gasteiger partial charge in [0.25, 0.3) is 10.0 Å². The van der Waals surface area contributed by atoms with Gasteiger partial charge in [0.2, 0.25) is 5.91 Å². The van der Waals surface area contributed by atoms with Gasteiger partial charge in [-0.1, -0.05) is 30.3 Å². The van der Waals surface area contributed by atoms with Gasteiger partial charge in [-0.05, 0) is 47.5 Å². The lowest BCUT2D eigenvalue weighted by molar-refractivity contribution is -0.126. The molecule has 1 aliphatic heterocycles. The zero-order valence-electron chi connectivity index (χ0n) is 21.2. The summed E-state index contributed by atoms with van der Waals surface area (Å²) >= 11 is 0. The molecule has 204 valence electrons. The van der Waals surface area contributed by atoms with Crippen molar-refractivity contribution in [3.05, 3.63) is 83.7 Å². The van der Waals surface area contributed by atoms with E-state index in [1.165, 1.54) is 19.2 Å². The summed E-state index contributed by atoms with van der Waals surface area (Å²) in [6.45, 7) is 2.26. The number of halogens is 1. The highest BCUT2D eigenvalue weighted by molar-refractivity contribution is 7.92. The lowest BCUT2D eigenvalue weighted by Crippen LogP contribution is -2.51. The predicted molar refractivity (Wildman–Crippen MR) is 143 cm³/mol. The van der Waals surface area contributed by atoms with E-state index in [1.54, 1.807) is 16.8 Å². The monoisotopic (exact) mass is 553 g/mol. The van der Waals surface area contributed by atoms with Gasteiger partial charge in [-0.25, -0.2) is 12.8 Å². The summed E-state index contributed by atoms with van der Waals surface area (Å²) in [6, 6.07) is 17.2. The quantitative estimate of drug-likeness (QED) is 0.291. The maximum absolute atomic E-state index is 13.3. The molecule has 4 aromatic rings. The third kappa shape index (κ3) is 6.03. The average Bonchev–Trinajstić information content (AvgIpc) is 3.28. The number of nitrogens with zero attached hydrogens (tertiary/aromatic N) is 2. The minimum absolute atomic E-state index is 0.0914. The lowest BCUT2D eigenvalue weighted by atomic mass is 10.1. The van der Waals surface area contributed by atoms with Crippen molar-refractivity contribution in [2.45, 2.75) is 24.0 Å². The first-order valence-corrected chi connectivity index (χ1v) is 13.8. The number of sulfonamides is 1. The molecule has 2 heterocycles.